The maximum absolute atomic E-state index is 9.21. The van der Waals surface area contributed by atoms with Gasteiger partial charge < -0.3 is 0 Å². The molecule has 1 aliphatic rings. The van der Waals surface area contributed by atoms with Crippen LogP contribution in [0.3, 0.4) is 0 Å². The van der Waals surface area contributed by atoms with Gasteiger partial charge in [-0.25, -0.2) is 4.98 Å². The molecule has 6 heteroatoms. The molecule has 1 fully saturated rings. The Hall–Kier alpha value is -1.06. The fraction of sp³-hybridized carbons (Fsp3) is 0.727. The van der Waals surface area contributed by atoms with Gasteiger partial charge in [0.25, 0.3) is 0 Å². The zero-order valence-corrected chi connectivity index (χ0v) is 11.1. The highest BCUT2D eigenvalue weighted by molar-refractivity contribution is 8.00. The molecule has 0 aromatic carbocycles. The molecular weight excluding hydrogens is 234 g/mol. The maximum atomic E-state index is 9.21. The molecule has 2 rings (SSSR count). The molecule has 0 amide bonds. The van der Waals surface area contributed by atoms with Gasteiger partial charge in [-0.2, -0.15) is 10.4 Å². The second-order valence-corrected chi connectivity index (χ2v) is 5.58. The highest BCUT2D eigenvalue weighted by Gasteiger charge is 2.34. The fourth-order valence-corrected chi connectivity index (χ4v) is 2.78. The number of nitrogens with zero attached hydrogens (tertiary/aromatic N) is 5. The number of aryl methyl sites for hydroxylation is 1. The summed E-state index contributed by atoms with van der Waals surface area (Å²) in [6, 6.07) is 2.46. The third-order valence-electron chi connectivity index (χ3n) is 3.43. The van der Waals surface area contributed by atoms with Crippen molar-refractivity contribution in [2.24, 2.45) is 7.05 Å². The Kier molecular flexibility index (Phi) is 3.69. The van der Waals surface area contributed by atoms with Crippen molar-refractivity contribution in [3.63, 3.8) is 0 Å². The molecule has 0 atom stereocenters. The van der Waals surface area contributed by atoms with Crippen molar-refractivity contribution in [2.45, 2.75) is 24.1 Å². The summed E-state index contributed by atoms with van der Waals surface area (Å²) in [6.45, 7) is 2.74. The van der Waals surface area contributed by atoms with Crippen LogP contribution < -0.4 is 0 Å². The Morgan fingerprint density at radius 3 is 2.71 bits per heavy atom. The van der Waals surface area contributed by atoms with Crippen LogP contribution in [0.5, 0.6) is 0 Å². The summed E-state index contributed by atoms with van der Waals surface area (Å²) in [7, 11) is 1.91. The molecule has 0 aliphatic carbocycles. The second-order valence-electron chi connectivity index (χ2n) is 4.39. The van der Waals surface area contributed by atoms with Crippen molar-refractivity contribution >= 4 is 11.8 Å². The minimum atomic E-state index is -0.170. The Bertz CT molecular complexity index is 414. The van der Waals surface area contributed by atoms with E-state index in [9.17, 15) is 5.26 Å². The lowest BCUT2D eigenvalue weighted by Gasteiger charge is -2.35. The first kappa shape index (κ1) is 12.4. The van der Waals surface area contributed by atoms with Crippen LogP contribution in [-0.2, 0) is 13.6 Å². The maximum Gasteiger partial charge on any atom is 0.140 e. The van der Waals surface area contributed by atoms with Gasteiger partial charge in [0.1, 0.15) is 16.9 Å². The number of hydrogen-bond acceptors (Lipinski definition) is 5. The van der Waals surface area contributed by atoms with E-state index >= 15 is 0 Å². The van der Waals surface area contributed by atoms with Gasteiger partial charge in [-0.05, 0) is 19.1 Å². The van der Waals surface area contributed by atoms with Crippen LogP contribution in [0.15, 0.2) is 6.33 Å². The van der Waals surface area contributed by atoms with Crippen LogP contribution in [0.25, 0.3) is 0 Å². The van der Waals surface area contributed by atoms with E-state index in [-0.39, 0.29) is 4.75 Å². The van der Waals surface area contributed by atoms with E-state index in [1.165, 1.54) is 0 Å². The van der Waals surface area contributed by atoms with E-state index in [0.29, 0.717) is 0 Å². The average molecular weight is 251 g/mol. The summed E-state index contributed by atoms with van der Waals surface area (Å²) in [4.78, 5) is 6.57. The van der Waals surface area contributed by atoms with E-state index in [1.54, 1.807) is 22.8 Å². The largest absolute Gasteiger partial charge is 0.296 e. The zero-order chi connectivity index (χ0) is 12.3. The predicted octanol–water partition coefficient (Wildman–Crippen LogP) is 1.04. The lowest BCUT2D eigenvalue weighted by atomic mass is 9.97. The third-order valence-corrected chi connectivity index (χ3v) is 4.71. The van der Waals surface area contributed by atoms with Crippen molar-refractivity contribution in [3.8, 4) is 6.07 Å². The molecule has 1 aromatic heterocycles. The van der Waals surface area contributed by atoms with Crippen LogP contribution in [-0.4, -0.2) is 43.8 Å². The molecule has 0 saturated carbocycles. The number of rotatable bonds is 3. The fourth-order valence-electron chi connectivity index (χ4n) is 2.10. The summed E-state index contributed by atoms with van der Waals surface area (Å²) in [6.07, 6.45) is 5.48. The molecule has 0 radical (unpaired) electrons. The van der Waals surface area contributed by atoms with E-state index < -0.39 is 0 Å². The topological polar surface area (TPSA) is 57.7 Å². The smallest absolute Gasteiger partial charge is 0.140 e. The number of piperidine rings is 1. The third kappa shape index (κ3) is 2.61. The number of hydrogen-bond donors (Lipinski definition) is 0. The van der Waals surface area contributed by atoms with E-state index in [0.717, 1.165) is 38.3 Å². The second kappa shape index (κ2) is 5.07. The Morgan fingerprint density at radius 1 is 1.53 bits per heavy atom. The van der Waals surface area contributed by atoms with Gasteiger partial charge >= 0.3 is 0 Å². The highest BCUT2D eigenvalue weighted by Crippen LogP contribution is 2.33. The van der Waals surface area contributed by atoms with Crippen LogP contribution in [0.2, 0.25) is 0 Å². The molecule has 17 heavy (non-hydrogen) atoms. The normalized spacial score (nSPS) is 20.1. The monoisotopic (exact) mass is 251 g/mol. The lowest BCUT2D eigenvalue weighted by molar-refractivity contribution is 0.202. The zero-order valence-electron chi connectivity index (χ0n) is 10.3. The Morgan fingerprint density at radius 2 is 2.24 bits per heavy atom. The lowest BCUT2D eigenvalue weighted by Crippen LogP contribution is -2.41. The van der Waals surface area contributed by atoms with Crippen molar-refractivity contribution in [3.05, 3.63) is 12.2 Å². The molecular formula is C11H17N5S. The number of nitriles is 1. The molecule has 1 saturated heterocycles. The van der Waals surface area contributed by atoms with Gasteiger partial charge in [0.05, 0.1) is 12.6 Å². The van der Waals surface area contributed by atoms with E-state index in [1.807, 2.05) is 13.3 Å². The van der Waals surface area contributed by atoms with Crippen LogP contribution in [0.1, 0.15) is 18.7 Å². The number of likely N-dealkylation sites (tertiary alicyclic amines) is 1. The quantitative estimate of drug-likeness (QED) is 0.803. The number of thioether (sulfide) groups is 1. The Balaban J connectivity index is 1.92. The molecule has 2 heterocycles. The minimum absolute atomic E-state index is 0.170. The van der Waals surface area contributed by atoms with Crippen molar-refractivity contribution < 1.29 is 0 Å². The molecule has 92 valence electrons. The molecule has 0 spiro atoms. The van der Waals surface area contributed by atoms with Gasteiger partial charge in [0.2, 0.25) is 0 Å². The van der Waals surface area contributed by atoms with E-state index in [4.69, 9.17) is 0 Å². The predicted molar refractivity (Wildman–Crippen MR) is 67.4 cm³/mol. The van der Waals surface area contributed by atoms with Gasteiger partial charge in [0, 0.05) is 20.1 Å². The first-order valence-corrected chi connectivity index (χ1v) is 6.93. The van der Waals surface area contributed by atoms with Gasteiger partial charge in [-0.1, -0.05) is 0 Å². The summed E-state index contributed by atoms with van der Waals surface area (Å²) in [5.41, 5.74) is 0. The van der Waals surface area contributed by atoms with Gasteiger partial charge in [-0.15, -0.1) is 11.8 Å². The molecule has 0 bridgehead atoms. The summed E-state index contributed by atoms with van der Waals surface area (Å²) >= 11 is 1.69. The minimum Gasteiger partial charge on any atom is -0.296 e. The van der Waals surface area contributed by atoms with Gasteiger partial charge in [0.15, 0.2) is 0 Å². The summed E-state index contributed by atoms with van der Waals surface area (Å²) < 4.78 is 1.64. The highest BCUT2D eigenvalue weighted by atomic mass is 32.2. The molecule has 1 aliphatic heterocycles. The van der Waals surface area contributed by atoms with Crippen molar-refractivity contribution in [1.29, 1.82) is 5.26 Å². The first-order valence-electron chi connectivity index (χ1n) is 5.71. The first-order chi connectivity index (χ1) is 8.19. The number of aromatic nitrogens is 3. The average Bonchev–Trinajstić information content (AvgIpc) is 2.77. The van der Waals surface area contributed by atoms with Crippen molar-refractivity contribution in [1.82, 2.24) is 19.7 Å². The van der Waals surface area contributed by atoms with Crippen LogP contribution in [0, 0.1) is 11.3 Å². The standard InChI is InChI=1S/C11H17N5S/c1-15-10(13-9-14-15)7-16-5-3-11(8-12,17-2)4-6-16/h9H,3-7H2,1-2H3. The van der Waals surface area contributed by atoms with Crippen LogP contribution >= 0.6 is 11.8 Å². The van der Waals surface area contributed by atoms with E-state index in [2.05, 4.69) is 21.1 Å². The van der Waals surface area contributed by atoms with Crippen LogP contribution in [0.4, 0.5) is 0 Å². The Labute approximate surface area is 106 Å². The summed E-state index contributed by atoms with van der Waals surface area (Å²) in [5, 5.41) is 13.3. The molecule has 0 N–H and O–H groups in total. The van der Waals surface area contributed by atoms with Gasteiger partial charge in [-0.3, -0.25) is 9.58 Å². The molecule has 5 nitrogen and oxygen atoms in total. The molecule has 1 aromatic rings. The van der Waals surface area contributed by atoms with Crippen molar-refractivity contribution in [2.75, 3.05) is 19.3 Å². The SMILES string of the molecule is CSC1(C#N)CCN(Cc2ncnn2C)CC1. The summed E-state index contributed by atoms with van der Waals surface area (Å²) in [5.74, 6) is 0.985. The molecule has 0 unspecified atom stereocenters.